The molecule has 0 saturated carbocycles. The molecule has 2 aromatic rings. The predicted octanol–water partition coefficient (Wildman–Crippen LogP) is 2.93. The van der Waals surface area contributed by atoms with Gasteiger partial charge in [0.1, 0.15) is 4.90 Å². The van der Waals surface area contributed by atoms with E-state index >= 15 is 0 Å². The molecule has 6 nitrogen and oxygen atoms in total. The van der Waals surface area contributed by atoms with E-state index in [1.54, 1.807) is 18.2 Å². The van der Waals surface area contributed by atoms with Gasteiger partial charge in [-0.2, -0.15) is 5.26 Å². The summed E-state index contributed by atoms with van der Waals surface area (Å²) in [5, 5.41) is 11.5. The van der Waals surface area contributed by atoms with E-state index in [2.05, 4.69) is 16.6 Å². The molecule has 8 heteroatoms. The highest BCUT2D eigenvalue weighted by atomic mass is 35.5. The minimum atomic E-state index is -3.87. The predicted molar refractivity (Wildman–Crippen MR) is 95.9 cm³/mol. The summed E-state index contributed by atoms with van der Waals surface area (Å²) in [7, 11) is -3.87. The summed E-state index contributed by atoms with van der Waals surface area (Å²) < 4.78 is 26.7. The van der Waals surface area contributed by atoms with Crippen LogP contribution in [0.2, 0.25) is 5.02 Å². The zero-order chi connectivity index (χ0) is 18.4. The Morgan fingerprint density at radius 3 is 2.72 bits per heavy atom. The lowest BCUT2D eigenvalue weighted by Gasteiger charge is -2.10. The number of anilines is 1. The molecule has 1 amide bonds. The maximum absolute atomic E-state index is 12.3. The second-order valence-corrected chi connectivity index (χ2v) is 7.08. The molecule has 0 aromatic heterocycles. The number of carbonyl (C=O) groups excluding carboxylic acids is 1. The maximum Gasteiger partial charge on any atom is 0.255 e. The number of benzene rings is 2. The summed E-state index contributed by atoms with van der Waals surface area (Å²) in [6.45, 7) is 3.48. The number of nitrogens with one attached hydrogen (secondary N) is 2. The molecular formula is C17H14ClN3O3S. The first-order valence-corrected chi connectivity index (χ1v) is 8.95. The number of nitriles is 1. The summed E-state index contributed by atoms with van der Waals surface area (Å²) in [4.78, 5) is 12.2. The fourth-order valence-electron chi connectivity index (χ4n) is 1.97. The van der Waals surface area contributed by atoms with Gasteiger partial charge in [0.05, 0.1) is 16.7 Å². The number of rotatable bonds is 6. The van der Waals surface area contributed by atoms with Gasteiger partial charge >= 0.3 is 0 Å². The van der Waals surface area contributed by atoms with Gasteiger partial charge < -0.3 is 5.32 Å². The highest BCUT2D eigenvalue weighted by Crippen LogP contribution is 2.23. The summed E-state index contributed by atoms with van der Waals surface area (Å²) >= 11 is 5.95. The van der Waals surface area contributed by atoms with Gasteiger partial charge in [0, 0.05) is 17.8 Å². The Labute approximate surface area is 150 Å². The van der Waals surface area contributed by atoms with Crippen molar-refractivity contribution >= 4 is 33.2 Å². The topological polar surface area (TPSA) is 99.1 Å². The third-order valence-electron chi connectivity index (χ3n) is 3.15. The van der Waals surface area contributed by atoms with Gasteiger partial charge in [0.2, 0.25) is 10.0 Å². The third-order valence-corrected chi connectivity index (χ3v) is 5.06. The summed E-state index contributed by atoms with van der Waals surface area (Å²) in [6.07, 6.45) is 1.39. The summed E-state index contributed by atoms with van der Waals surface area (Å²) in [6, 6.07) is 12.3. The maximum atomic E-state index is 12.3. The molecule has 0 fully saturated rings. The molecule has 2 N–H and O–H groups in total. The van der Waals surface area contributed by atoms with Crippen molar-refractivity contribution in [3.05, 3.63) is 71.3 Å². The van der Waals surface area contributed by atoms with Crippen LogP contribution in [0, 0.1) is 11.3 Å². The van der Waals surface area contributed by atoms with Crippen molar-refractivity contribution in [1.29, 1.82) is 5.26 Å². The van der Waals surface area contributed by atoms with E-state index in [1.807, 2.05) is 6.07 Å². The van der Waals surface area contributed by atoms with E-state index in [-0.39, 0.29) is 22.0 Å². The lowest BCUT2D eigenvalue weighted by atomic mass is 10.2. The fourth-order valence-corrected chi connectivity index (χ4v) is 3.49. The molecule has 0 aliphatic rings. The lowest BCUT2D eigenvalue weighted by molar-refractivity contribution is 0.102. The van der Waals surface area contributed by atoms with Crippen molar-refractivity contribution in [3.63, 3.8) is 0 Å². The van der Waals surface area contributed by atoms with E-state index in [4.69, 9.17) is 16.9 Å². The van der Waals surface area contributed by atoms with Crippen molar-refractivity contribution in [2.45, 2.75) is 4.90 Å². The monoisotopic (exact) mass is 375 g/mol. The normalized spacial score (nSPS) is 10.7. The largest absolute Gasteiger partial charge is 0.322 e. The Kier molecular flexibility index (Phi) is 5.93. The van der Waals surface area contributed by atoms with E-state index in [9.17, 15) is 13.2 Å². The lowest BCUT2D eigenvalue weighted by Crippen LogP contribution is -2.24. The second kappa shape index (κ2) is 7.94. The molecule has 0 radical (unpaired) electrons. The van der Waals surface area contributed by atoms with Gasteiger partial charge in [-0.05, 0) is 36.4 Å². The van der Waals surface area contributed by atoms with Gasteiger partial charge in [-0.3, -0.25) is 4.79 Å². The van der Waals surface area contributed by atoms with Crippen molar-refractivity contribution < 1.29 is 13.2 Å². The Morgan fingerprint density at radius 2 is 2.04 bits per heavy atom. The Hall–Kier alpha value is -2.66. The van der Waals surface area contributed by atoms with E-state index in [0.717, 1.165) is 0 Å². The standard InChI is InChI=1S/C17H14ClN3O3S/c1-2-8-20-25(23,24)16-10-13(6-7-15(16)18)17(22)21-14-5-3-4-12(9-14)11-19/h2-7,9-10,20H,1,8H2,(H,21,22). The highest BCUT2D eigenvalue weighted by Gasteiger charge is 2.19. The molecule has 0 heterocycles. The molecule has 0 bridgehead atoms. The van der Waals surface area contributed by atoms with Crippen LogP contribution in [0.25, 0.3) is 0 Å². The van der Waals surface area contributed by atoms with Gasteiger partial charge in [0.25, 0.3) is 5.91 Å². The summed E-state index contributed by atoms with van der Waals surface area (Å²) in [5.41, 5.74) is 0.935. The molecule has 0 unspecified atom stereocenters. The van der Waals surface area contributed by atoms with Gasteiger partial charge in [-0.1, -0.05) is 23.7 Å². The fraction of sp³-hybridized carbons (Fsp3) is 0.0588. The smallest absolute Gasteiger partial charge is 0.255 e. The van der Waals surface area contributed by atoms with E-state index < -0.39 is 15.9 Å². The number of hydrogen-bond donors (Lipinski definition) is 2. The number of amides is 1. The van der Waals surface area contributed by atoms with Crippen molar-refractivity contribution in [2.75, 3.05) is 11.9 Å². The first-order valence-electron chi connectivity index (χ1n) is 7.09. The van der Waals surface area contributed by atoms with E-state index in [1.165, 1.54) is 30.3 Å². The average molecular weight is 376 g/mol. The molecule has 2 aromatic carbocycles. The SMILES string of the molecule is C=CCNS(=O)(=O)c1cc(C(=O)Nc2cccc(C#N)c2)ccc1Cl. The van der Waals surface area contributed by atoms with Crippen LogP contribution >= 0.6 is 11.6 Å². The quantitative estimate of drug-likeness (QED) is 0.758. The number of hydrogen-bond acceptors (Lipinski definition) is 4. The van der Waals surface area contributed by atoms with Crippen LogP contribution in [0.3, 0.4) is 0 Å². The molecule has 2 rings (SSSR count). The number of carbonyl (C=O) groups is 1. The zero-order valence-electron chi connectivity index (χ0n) is 13.0. The van der Waals surface area contributed by atoms with Crippen LogP contribution in [0.15, 0.2) is 60.0 Å². The molecule has 0 atom stereocenters. The van der Waals surface area contributed by atoms with Crippen LogP contribution in [-0.2, 0) is 10.0 Å². The van der Waals surface area contributed by atoms with Crippen LogP contribution in [-0.4, -0.2) is 20.9 Å². The minimum absolute atomic E-state index is 0.000380. The molecule has 0 aliphatic carbocycles. The minimum Gasteiger partial charge on any atom is -0.322 e. The van der Waals surface area contributed by atoms with Crippen molar-refractivity contribution in [3.8, 4) is 6.07 Å². The number of nitrogens with zero attached hydrogens (tertiary/aromatic N) is 1. The first kappa shape index (κ1) is 18.7. The number of sulfonamides is 1. The molecular weight excluding hydrogens is 362 g/mol. The molecule has 25 heavy (non-hydrogen) atoms. The Bertz CT molecular complexity index is 965. The van der Waals surface area contributed by atoms with Crippen LogP contribution in [0.1, 0.15) is 15.9 Å². The first-order chi connectivity index (χ1) is 11.9. The Balaban J connectivity index is 2.30. The van der Waals surface area contributed by atoms with E-state index in [0.29, 0.717) is 11.3 Å². The van der Waals surface area contributed by atoms with Crippen LogP contribution < -0.4 is 10.0 Å². The van der Waals surface area contributed by atoms with Gasteiger partial charge in [-0.25, -0.2) is 13.1 Å². The van der Waals surface area contributed by atoms with Gasteiger partial charge in [-0.15, -0.1) is 6.58 Å². The zero-order valence-corrected chi connectivity index (χ0v) is 14.6. The molecule has 0 aliphatic heterocycles. The van der Waals surface area contributed by atoms with Crippen molar-refractivity contribution in [1.82, 2.24) is 4.72 Å². The van der Waals surface area contributed by atoms with Crippen LogP contribution in [0.4, 0.5) is 5.69 Å². The van der Waals surface area contributed by atoms with Crippen LogP contribution in [0.5, 0.6) is 0 Å². The Morgan fingerprint density at radius 1 is 1.28 bits per heavy atom. The molecule has 0 saturated heterocycles. The number of halogens is 1. The van der Waals surface area contributed by atoms with Gasteiger partial charge in [0.15, 0.2) is 0 Å². The average Bonchev–Trinajstić information content (AvgIpc) is 2.60. The second-order valence-electron chi connectivity index (χ2n) is 4.93. The molecule has 0 spiro atoms. The highest BCUT2D eigenvalue weighted by molar-refractivity contribution is 7.89. The molecule has 128 valence electrons. The summed E-state index contributed by atoms with van der Waals surface area (Å²) in [5.74, 6) is -0.521. The van der Waals surface area contributed by atoms with Crippen molar-refractivity contribution in [2.24, 2.45) is 0 Å². The third kappa shape index (κ3) is 4.67.